The monoisotopic (exact) mass is 637 g/mol. The van der Waals surface area contributed by atoms with Gasteiger partial charge in [-0.2, -0.15) is 8.42 Å². The molecule has 0 amide bonds. The van der Waals surface area contributed by atoms with Crippen molar-refractivity contribution in [2.75, 3.05) is 6.61 Å². The van der Waals surface area contributed by atoms with E-state index < -0.39 is 10.1 Å². The Morgan fingerprint density at radius 3 is 1.27 bits per heavy atom. The Labute approximate surface area is 265 Å². The average molecular weight is 638 g/mol. The summed E-state index contributed by atoms with van der Waals surface area (Å²) < 4.78 is 28.8. The van der Waals surface area contributed by atoms with Crippen LogP contribution in [0, 0.1) is 0 Å². The van der Waals surface area contributed by atoms with Crippen LogP contribution in [-0.2, 0) is 25.2 Å². The number of phenols is 3. The quantitative estimate of drug-likeness (QED) is 0.0643. The van der Waals surface area contributed by atoms with Crippen LogP contribution in [0.25, 0.3) is 0 Å². The molecular formula is C36H45O6S2+. The van der Waals surface area contributed by atoms with Crippen molar-refractivity contribution in [1.29, 1.82) is 0 Å². The van der Waals surface area contributed by atoms with Gasteiger partial charge in [-0.05, 0) is 91.3 Å². The predicted octanol–water partition coefficient (Wildman–Crippen LogP) is 9.21. The summed E-state index contributed by atoms with van der Waals surface area (Å²) in [5.41, 5.74) is 0. The number of benzene rings is 4. The van der Waals surface area contributed by atoms with E-state index in [2.05, 4.69) is 6.92 Å². The Balaban J connectivity index is 0.000000240. The molecule has 0 fully saturated rings. The summed E-state index contributed by atoms with van der Waals surface area (Å²) in [4.78, 5) is 3.39. The predicted molar refractivity (Wildman–Crippen MR) is 178 cm³/mol. The van der Waals surface area contributed by atoms with E-state index in [0.29, 0.717) is 0 Å². The van der Waals surface area contributed by atoms with Crippen LogP contribution in [0.15, 0.2) is 123 Å². The van der Waals surface area contributed by atoms with E-state index in [4.69, 9.17) is 4.18 Å². The van der Waals surface area contributed by atoms with Crippen molar-refractivity contribution in [1.82, 2.24) is 0 Å². The van der Waals surface area contributed by atoms with Crippen LogP contribution in [0.2, 0.25) is 0 Å². The maximum atomic E-state index is 11.9. The fourth-order valence-corrected chi connectivity index (χ4v) is 7.57. The molecule has 0 spiro atoms. The van der Waals surface area contributed by atoms with Crippen molar-refractivity contribution in [2.45, 2.75) is 90.7 Å². The van der Waals surface area contributed by atoms with E-state index in [-0.39, 0.29) is 39.6 Å². The lowest BCUT2D eigenvalue weighted by Crippen LogP contribution is -2.07. The molecule has 6 nitrogen and oxygen atoms in total. The first kappa shape index (κ1) is 35.0. The zero-order chi connectivity index (χ0) is 31.6. The molecule has 8 heteroatoms. The van der Waals surface area contributed by atoms with Crippen molar-refractivity contribution >= 4 is 21.0 Å². The fourth-order valence-electron chi connectivity index (χ4n) is 4.57. The van der Waals surface area contributed by atoms with Crippen LogP contribution in [-0.4, -0.2) is 30.3 Å². The Morgan fingerprint density at radius 2 is 0.886 bits per heavy atom. The van der Waals surface area contributed by atoms with Gasteiger partial charge in [-0.3, -0.25) is 4.18 Å². The van der Waals surface area contributed by atoms with Crippen molar-refractivity contribution in [2.24, 2.45) is 0 Å². The Hall–Kier alpha value is -3.46. The van der Waals surface area contributed by atoms with Gasteiger partial charge in [-0.15, -0.1) is 0 Å². The molecule has 0 aliphatic carbocycles. The van der Waals surface area contributed by atoms with Gasteiger partial charge in [0.05, 0.1) is 22.4 Å². The Morgan fingerprint density at radius 1 is 0.523 bits per heavy atom. The van der Waals surface area contributed by atoms with Crippen LogP contribution in [0.3, 0.4) is 0 Å². The maximum Gasteiger partial charge on any atom is 0.296 e. The first-order chi connectivity index (χ1) is 21.3. The zero-order valence-electron chi connectivity index (χ0n) is 25.5. The average Bonchev–Trinajstić information content (AvgIpc) is 3.03. The van der Waals surface area contributed by atoms with E-state index >= 15 is 0 Å². The standard InChI is InChI=1S/C18H14O3S.C18H30O3S/c19-13-1-7-16(8-2-13)22(17-9-3-14(20)4-10-17)18-11-5-15(21)6-12-18;1-2-3-4-5-6-7-8-9-10-14-17-21-22(19,20)18-15-12-11-13-16-18/h1-12H,(H2-,19,20,21);11-13,15-16H,2-10,14,17H2,1H3/p+1. The van der Waals surface area contributed by atoms with Gasteiger partial charge in [0.25, 0.3) is 10.1 Å². The third-order valence-corrected chi connectivity index (χ3v) is 10.5. The van der Waals surface area contributed by atoms with E-state index in [1.807, 2.05) is 36.4 Å². The molecule has 4 rings (SSSR count). The summed E-state index contributed by atoms with van der Waals surface area (Å²) >= 11 is 0. The summed E-state index contributed by atoms with van der Waals surface area (Å²) in [5.74, 6) is 0.677. The molecule has 4 aromatic rings. The largest absolute Gasteiger partial charge is 0.508 e. The normalized spacial score (nSPS) is 11.2. The van der Waals surface area contributed by atoms with Crippen molar-refractivity contribution in [3.05, 3.63) is 103 Å². The maximum absolute atomic E-state index is 11.9. The SMILES string of the molecule is CCCCCCCCCCCCOS(=O)(=O)c1ccccc1.Oc1ccc([S+](c2ccc(O)cc2)c2ccc(O)cc2)cc1. The Kier molecular flexibility index (Phi) is 15.2. The van der Waals surface area contributed by atoms with Crippen LogP contribution in [0.1, 0.15) is 71.1 Å². The molecule has 0 bridgehead atoms. The van der Waals surface area contributed by atoms with Crippen LogP contribution in [0.4, 0.5) is 0 Å². The van der Waals surface area contributed by atoms with Crippen molar-refractivity contribution in [3.63, 3.8) is 0 Å². The number of rotatable bonds is 16. The molecule has 236 valence electrons. The molecule has 0 radical (unpaired) electrons. The number of hydrogen-bond acceptors (Lipinski definition) is 6. The lowest BCUT2D eigenvalue weighted by atomic mass is 10.1. The lowest BCUT2D eigenvalue weighted by molar-refractivity contribution is 0.306. The summed E-state index contributed by atoms with van der Waals surface area (Å²) in [6, 6.07) is 29.6. The molecule has 0 heterocycles. The minimum atomic E-state index is -3.57. The highest BCUT2D eigenvalue weighted by atomic mass is 32.2. The van der Waals surface area contributed by atoms with Gasteiger partial charge in [-0.1, -0.05) is 82.9 Å². The smallest absolute Gasteiger partial charge is 0.296 e. The Bertz CT molecular complexity index is 1330. The summed E-state index contributed by atoms with van der Waals surface area (Å²) in [6.45, 7) is 2.52. The van der Waals surface area contributed by atoms with Gasteiger partial charge >= 0.3 is 0 Å². The van der Waals surface area contributed by atoms with E-state index in [1.165, 1.54) is 51.4 Å². The molecule has 0 aliphatic heterocycles. The second kappa shape index (κ2) is 19.0. The number of hydrogen-bond donors (Lipinski definition) is 3. The fraction of sp³-hybridized carbons (Fsp3) is 0.333. The molecule has 4 aromatic carbocycles. The third kappa shape index (κ3) is 12.3. The molecule has 0 atom stereocenters. The van der Waals surface area contributed by atoms with Gasteiger partial charge in [0, 0.05) is 0 Å². The molecule has 0 aliphatic rings. The molecular weight excluding hydrogens is 593 g/mol. The third-order valence-electron chi connectivity index (χ3n) is 6.99. The minimum Gasteiger partial charge on any atom is -0.508 e. The first-order valence-corrected chi connectivity index (χ1v) is 18.0. The number of aromatic hydroxyl groups is 3. The molecule has 0 unspecified atom stereocenters. The molecule has 0 saturated heterocycles. The molecule has 44 heavy (non-hydrogen) atoms. The van der Waals surface area contributed by atoms with Gasteiger partial charge in [0.2, 0.25) is 0 Å². The second-order valence-electron chi connectivity index (χ2n) is 10.6. The van der Waals surface area contributed by atoms with Gasteiger partial charge in [0.15, 0.2) is 14.7 Å². The van der Waals surface area contributed by atoms with Crippen LogP contribution >= 0.6 is 0 Å². The number of unbranched alkanes of at least 4 members (excludes halogenated alkanes) is 9. The summed E-state index contributed by atoms with van der Waals surface area (Å²) in [6.07, 6.45) is 12.3. The first-order valence-electron chi connectivity index (χ1n) is 15.4. The van der Waals surface area contributed by atoms with Gasteiger partial charge in [-0.25, -0.2) is 0 Å². The highest BCUT2D eigenvalue weighted by molar-refractivity contribution is 7.97. The summed E-state index contributed by atoms with van der Waals surface area (Å²) in [5, 5.41) is 28.5. The van der Waals surface area contributed by atoms with Crippen molar-refractivity contribution in [3.8, 4) is 17.2 Å². The number of phenolic OH excluding ortho intramolecular Hbond substituents is 3. The van der Waals surface area contributed by atoms with Gasteiger partial charge in [0.1, 0.15) is 17.2 Å². The highest BCUT2D eigenvalue weighted by Gasteiger charge is 2.28. The van der Waals surface area contributed by atoms with Crippen LogP contribution in [0.5, 0.6) is 17.2 Å². The van der Waals surface area contributed by atoms with E-state index in [1.54, 1.807) is 66.7 Å². The van der Waals surface area contributed by atoms with Crippen molar-refractivity contribution < 1.29 is 27.9 Å². The lowest BCUT2D eigenvalue weighted by Gasteiger charge is -2.08. The zero-order valence-corrected chi connectivity index (χ0v) is 27.1. The summed E-state index contributed by atoms with van der Waals surface area (Å²) in [7, 11) is -3.94. The highest BCUT2D eigenvalue weighted by Crippen LogP contribution is 2.33. The van der Waals surface area contributed by atoms with Gasteiger partial charge < -0.3 is 15.3 Å². The van der Waals surface area contributed by atoms with E-state index in [9.17, 15) is 23.7 Å². The molecule has 3 N–H and O–H groups in total. The van der Waals surface area contributed by atoms with E-state index in [0.717, 1.165) is 27.5 Å². The van der Waals surface area contributed by atoms with Crippen LogP contribution < -0.4 is 0 Å². The minimum absolute atomic E-state index is 0.226. The molecule has 0 saturated carbocycles. The topological polar surface area (TPSA) is 104 Å². The second-order valence-corrected chi connectivity index (χ2v) is 14.2. The molecule has 0 aromatic heterocycles.